The first kappa shape index (κ1) is 15.0. The van der Waals surface area contributed by atoms with Crippen LogP contribution in [-0.2, 0) is 14.3 Å². The number of carbonyl (C=O) groups is 2. The summed E-state index contributed by atoms with van der Waals surface area (Å²) >= 11 is 0. The fourth-order valence-corrected chi connectivity index (χ4v) is 2.25. The third-order valence-corrected chi connectivity index (χ3v) is 3.52. The van der Waals surface area contributed by atoms with Crippen molar-refractivity contribution in [1.82, 2.24) is 4.90 Å². The van der Waals surface area contributed by atoms with E-state index >= 15 is 0 Å². The maximum absolute atomic E-state index is 11.8. The predicted molar refractivity (Wildman–Crippen MR) is 70.1 cm³/mol. The van der Waals surface area contributed by atoms with Gasteiger partial charge in [0, 0.05) is 20.0 Å². The van der Waals surface area contributed by atoms with E-state index < -0.39 is 0 Å². The molecule has 0 bridgehead atoms. The van der Waals surface area contributed by atoms with Crippen LogP contribution in [0.3, 0.4) is 0 Å². The smallest absolute Gasteiger partial charge is 0.309 e. The van der Waals surface area contributed by atoms with Crippen LogP contribution in [0.2, 0.25) is 0 Å². The summed E-state index contributed by atoms with van der Waals surface area (Å²) in [6, 6.07) is 0. The van der Waals surface area contributed by atoms with Crippen LogP contribution < -0.4 is 0 Å². The van der Waals surface area contributed by atoms with Crippen molar-refractivity contribution in [1.29, 1.82) is 0 Å². The van der Waals surface area contributed by atoms with Crippen LogP contribution in [-0.4, -0.2) is 36.5 Å². The molecule has 1 rings (SSSR count). The minimum atomic E-state index is -0.0744. The lowest BCUT2D eigenvalue weighted by atomic mass is 9.97. The number of esters is 1. The van der Waals surface area contributed by atoms with Gasteiger partial charge in [0.2, 0.25) is 5.91 Å². The second-order valence-corrected chi connectivity index (χ2v) is 5.01. The van der Waals surface area contributed by atoms with Gasteiger partial charge in [-0.1, -0.05) is 26.2 Å². The zero-order valence-electron chi connectivity index (χ0n) is 11.6. The molecule has 104 valence electrons. The Kier molecular flexibility index (Phi) is 6.76. The third kappa shape index (κ3) is 5.07. The van der Waals surface area contributed by atoms with Crippen molar-refractivity contribution in [2.24, 2.45) is 5.92 Å². The van der Waals surface area contributed by atoms with E-state index in [1.165, 1.54) is 12.8 Å². The number of amides is 1. The Morgan fingerprint density at radius 1 is 1.17 bits per heavy atom. The van der Waals surface area contributed by atoms with Crippen molar-refractivity contribution in [3.05, 3.63) is 0 Å². The van der Waals surface area contributed by atoms with E-state index in [9.17, 15) is 9.59 Å². The minimum absolute atomic E-state index is 0.00762. The van der Waals surface area contributed by atoms with Gasteiger partial charge in [-0.05, 0) is 19.3 Å². The largest absolute Gasteiger partial charge is 0.465 e. The normalized spacial score (nSPS) is 16.7. The number of rotatable bonds is 6. The summed E-state index contributed by atoms with van der Waals surface area (Å²) in [5.41, 5.74) is 0. The number of likely N-dealkylation sites (tertiary alicyclic amines) is 1. The molecular weight excluding hydrogens is 230 g/mol. The number of carbonyl (C=O) groups excluding carboxylic acids is 2. The molecule has 0 N–H and O–H groups in total. The third-order valence-electron chi connectivity index (χ3n) is 3.52. The van der Waals surface area contributed by atoms with Crippen molar-refractivity contribution >= 4 is 11.9 Å². The molecule has 0 aromatic rings. The van der Waals surface area contributed by atoms with E-state index in [2.05, 4.69) is 6.92 Å². The Hall–Kier alpha value is -1.06. The predicted octanol–water partition coefficient (Wildman–Crippen LogP) is 2.37. The molecule has 0 saturated carbocycles. The quantitative estimate of drug-likeness (QED) is 0.540. The van der Waals surface area contributed by atoms with Gasteiger partial charge in [-0.2, -0.15) is 0 Å². The summed E-state index contributed by atoms with van der Waals surface area (Å²) in [6.07, 6.45) is 5.98. The lowest BCUT2D eigenvalue weighted by molar-refractivity contribution is -0.151. The Morgan fingerprint density at radius 2 is 1.83 bits per heavy atom. The van der Waals surface area contributed by atoms with Gasteiger partial charge in [0.1, 0.15) is 0 Å². The molecule has 0 aromatic heterocycles. The Bertz CT molecular complexity index is 270. The molecule has 1 saturated heterocycles. The van der Waals surface area contributed by atoms with E-state index in [4.69, 9.17) is 4.74 Å². The molecule has 1 amide bonds. The van der Waals surface area contributed by atoms with Crippen LogP contribution in [0.4, 0.5) is 0 Å². The van der Waals surface area contributed by atoms with E-state index in [0.717, 1.165) is 25.7 Å². The minimum Gasteiger partial charge on any atom is -0.465 e. The number of ether oxygens (including phenoxy) is 1. The molecule has 4 heteroatoms. The first-order valence-corrected chi connectivity index (χ1v) is 7.07. The lowest BCUT2D eigenvalue weighted by Crippen LogP contribution is -2.39. The molecule has 18 heavy (non-hydrogen) atoms. The average Bonchev–Trinajstić information content (AvgIpc) is 2.38. The number of piperidine rings is 1. The van der Waals surface area contributed by atoms with E-state index in [-0.39, 0.29) is 17.8 Å². The maximum atomic E-state index is 11.8. The van der Waals surface area contributed by atoms with Gasteiger partial charge in [-0.25, -0.2) is 0 Å². The summed E-state index contributed by atoms with van der Waals surface area (Å²) in [7, 11) is 0. The van der Waals surface area contributed by atoms with E-state index in [1.807, 2.05) is 0 Å². The second kappa shape index (κ2) is 8.11. The molecule has 0 radical (unpaired) electrons. The van der Waals surface area contributed by atoms with Gasteiger partial charge < -0.3 is 9.64 Å². The van der Waals surface area contributed by atoms with Crippen LogP contribution >= 0.6 is 0 Å². The van der Waals surface area contributed by atoms with Crippen molar-refractivity contribution < 1.29 is 14.3 Å². The van der Waals surface area contributed by atoms with Crippen molar-refractivity contribution in [2.45, 2.75) is 52.4 Å². The molecule has 0 spiro atoms. The summed E-state index contributed by atoms with van der Waals surface area (Å²) < 4.78 is 5.28. The monoisotopic (exact) mass is 255 g/mol. The van der Waals surface area contributed by atoms with Gasteiger partial charge in [-0.15, -0.1) is 0 Å². The Morgan fingerprint density at radius 3 is 2.39 bits per heavy atom. The molecular formula is C14H25NO3. The van der Waals surface area contributed by atoms with Gasteiger partial charge in [-0.3, -0.25) is 9.59 Å². The molecule has 1 fully saturated rings. The van der Waals surface area contributed by atoms with Crippen LogP contribution in [0.1, 0.15) is 52.4 Å². The summed E-state index contributed by atoms with van der Waals surface area (Å²) in [5, 5.41) is 0. The zero-order chi connectivity index (χ0) is 13.4. The zero-order valence-corrected chi connectivity index (χ0v) is 11.6. The van der Waals surface area contributed by atoms with Gasteiger partial charge >= 0.3 is 5.97 Å². The molecule has 0 aliphatic carbocycles. The molecule has 1 heterocycles. The van der Waals surface area contributed by atoms with Crippen molar-refractivity contribution in [2.75, 3.05) is 19.7 Å². The number of hydrogen-bond donors (Lipinski definition) is 0. The second-order valence-electron chi connectivity index (χ2n) is 5.01. The maximum Gasteiger partial charge on any atom is 0.309 e. The SMILES string of the molecule is CCCCCCOC(=O)C1CCN(C(C)=O)CC1. The molecule has 1 aliphatic heterocycles. The van der Waals surface area contributed by atoms with Crippen LogP contribution in [0.5, 0.6) is 0 Å². The Labute approximate surface area is 110 Å². The highest BCUT2D eigenvalue weighted by Gasteiger charge is 2.26. The number of unbranched alkanes of at least 4 members (excludes halogenated alkanes) is 3. The van der Waals surface area contributed by atoms with Gasteiger partial charge in [0.05, 0.1) is 12.5 Å². The highest BCUT2D eigenvalue weighted by atomic mass is 16.5. The topological polar surface area (TPSA) is 46.6 Å². The van der Waals surface area contributed by atoms with Gasteiger partial charge in [0.15, 0.2) is 0 Å². The van der Waals surface area contributed by atoms with Crippen LogP contribution in [0, 0.1) is 5.92 Å². The van der Waals surface area contributed by atoms with E-state index in [1.54, 1.807) is 11.8 Å². The van der Waals surface area contributed by atoms with Crippen LogP contribution in [0.15, 0.2) is 0 Å². The lowest BCUT2D eigenvalue weighted by Gasteiger charge is -2.30. The van der Waals surface area contributed by atoms with Crippen LogP contribution in [0.25, 0.3) is 0 Å². The molecule has 0 unspecified atom stereocenters. The summed E-state index contributed by atoms with van der Waals surface area (Å²) in [6.45, 7) is 5.66. The first-order chi connectivity index (χ1) is 8.65. The molecule has 0 atom stereocenters. The highest BCUT2D eigenvalue weighted by molar-refractivity contribution is 5.75. The first-order valence-electron chi connectivity index (χ1n) is 7.07. The van der Waals surface area contributed by atoms with Gasteiger partial charge in [0.25, 0.3) is 0 Å². The molecule has 1 aliphatic rings. The van der Waals surface area contributed by atoms with E-state index in [0.29, 0.717) is 19.7 Å². The standard InChI is InChI=1S/C14H25NO3/c1-3-4-5-6-11-18-14(17)13-7-9-15(10-8-13)12(2)16/h13H,3-11H2,1-2H3. The van der Waals surface area contributed by atoms with Crippen molar-refractivity contribution in [3.8, 4) is 0 Å². The number of hydrogen-bond acceptors (Lipinski definition) is 3. The summed E-state index contributed by atoms with van der Waals surface area (Å²) in [4.78, 5) is 24.7. The average molecular weight is 255 g/mol. The number of nitrogens with zero attached hydrogens (tertiary/aromatic N) is 1. The fraction of sp³-hybridized carbons (Fsp3) is 0.857. The fourth-order valence-electron chi connectivity index (χ4n) is 2.25. The van der Waals surface area contributed by atoms with Crippen molar-refractivity contribution in [3.63, 3.8) is 0 Å². The molecule has 4 nitrogen and oxygen atoms in total. The summed E-state index contributed by atoms with van der Waals surface area (Å²) in [5.74, 6) is 0.0165. The Balaban J connectivity index is 2.14. The molecule has 0 aromatic carbocycles. The highest BCUT2D eigenvalue weighted by Crippen LogP contribution is 2.18.